The van der Waals surface area contributed by atoms with Gasteiger partial charge in [0.15, 0.2) is 5.58 Å². The second-order valence-corrected chi connectivity index (χ2v) is 6.90. The highest BCUT2D eigenvalue weighted by molar-refractivity contribution is 5.79. The molecule has 0 saturated carbocycles. The number of hydrogen-bond donors (Lipinski definition) is 0. The van der Waals surface area contributed by atoms with Gasteiger partial charge in [-0.05, 0) is 62.8 Å². The molecule has 0 N–H and O–H groups in total. The Labute approximate surface area is 148 Å². The van der Waals surface area contributed by atoms with Crippen LogP contribution in [0.1, 0.15) is 24.1 Å². The summed E-state index contributed by atoms with van der Waals surface area (Å²) in [6, 6.07) is 12.9. The Balaban J connectivity index is 1.33. The summed E-state index contributed by atoms with van der Waals surface area (Å²) in [7, 11) is 2.20. The van der Waals surface area contributed by atoms with Crippen LogP contribution in [0.15, 0.2) is 53.3 Å². The molecule has 0 spiro atoms. The smallest absolute Gasteiger partial charge is 0.167 e. The number of aromatic nitrogens is 2. The second kappa shape index (κ2) is 7.33. The van der Waals surface area contributed by atoms with Crippen molar-refractivity contribution in [3.8, 4) is 0 Å². The Hall–Kier alpha value is -2.24. The number of rotatable bonds is 5. The lowest BCUT2D eigenvalue weighted by Gasteiger charge is -2.36. The topological polar surface area (TPSA) is 45.4 Å². The zero-order valence-corrected chi connectivity index (χ0v) is 14.6. The average molecular weight is 336 g/mol. The number of fused-ring (bicyclic) bond motifs is 1. The van der Waals surface area contributed by atoms with Gasteiger partial charge in [-0.3, -0.25) is 14.8 Å². The van der Waals surface area contributed by atoms with Crippen molar-refractivity contribution in [1.29, 1.82) is 0 Å². The van der Waals surface area contributed by atoms with Crippen LogP contribution in [0.25, 0.3) is 11.0 Å². The summed E-state index contributed by atoms with van der Waals surface area (Å²) in [4.78, 5) is 9.05. The molecule has 1 aliphatic heterocycles. The molecule has 3 heterocycles. The minimum atomic E-state index is 0.601. The van der Waals surface area contributed by atoms with Gasteiger partial charge >= 0.3 is 0 Å². The van der Waals surface area contributed by atoms with E-state index < -0.39 is 0 Å². The van der Waals surface area contributed by atoms with Crippen LogP contribution < -0.4 is 0 Å². The number of para-hydroxylation sites is 1. The van der Waals surface area contributed by atoms with E-state index in [1.165, 1.54) is 18.4 Å². The lowest BCUT2D eigenvalue weighted by Crippen LogP contribution is -2.42. The first kappa shape index (κ1) is 16.2. The van der Waals surface area contributed by atoms with Crippen molar-refractivity contribution in [2.75, 3.05) is 20.1 Å². The third kappa shape index (κ3) is 3.72. The van der Waals surface area contributed by atoms with Gasteiger partial charge in [0.1, 0.15) is 5.69 Å². The standard InChI is InChI=1S/C20H24N4O/c1-23(15-19-18-4-2-3-5-20(18)25-22-19)17-8-12-24(13-9-17)14-16-6-10-21-11-7-16/h2-7,10-11,17H,8-9,12-15H2,1H3. The zero-order valence-electron chi connectivity index (χ0n) is 14.6. The molecule has 1 aromatic carbocycles. The third-order valence-electron chi connectivity index (χ3n) is 5.19. The van der Waals surface area contributed by atoms with Gasteiger partial charge in [-0.1, -0.05) is 17.3 Å². The Morgan fingerprint density at radius 1 is 1.12 bits per heavy atom. The first-order chi connectivity index (χ1) is 12.3. The first-order valence-corrected chi connectivity index (χ1v) is 8.94. The maximum atomic E-state index is 5.43. The van der Waals surface area contributed by atoms with Crippen LogP contribution >= 0.6 is 0 Å². The molecule has 4 rings (SSSR count). The van der Waals surface area contributed by atoms with E-state index in [4.69, 9.17) is 4.52 Å². The van der Waals surface area contributed by atoms with E-state index in [1.54, 1.807) is 0 Å². The van der Waals surface area contributed by atoms with Crippen LogP contribution in [-0.4, -0.2) is 46.1 Å². The fourth-order valence-electron chi connectivity index (χ4n) is 3.68. The van der Waals surface area contributed by atoms with Gasteiger partial charge < -0.3 is 4.52 Å². The van der Waals surface area contributed by atoms with Crippen LogP contribution in [0, 0.1) is 0 Å². The molecule has 0 bridgehead atoms. The summed E-state index contributed by atoms with van der Waals surface area (Å²) in [5.41, 5.74) is 3.26. The van der Waals surface area contributed by atoms with Crippen molar-refractivity contribution in [2.24, 2.45) is 0 Å². The highest BCUT2D eigenvalue weighted by Gasteiger charge is 2.23. The Bertz CT molecular complexity index is 809. The largest absolute Gasteiger partial charge is 0.356 e. The molecule has 0 radical (unpaired) electrons. The summed E-state index contributed by atoms with van der Waals surface area (Å²) in [5.74, 6) is 0. The quantitative estimate of drug-likeness (QED) is 0.715. The van der Waals surface area contributed by atoms with E-state index in [1.807, 2.05) is 30.6 Å². The van der Waals surface area contributed by atoms with Crippen LogP contribution in [0.2, 0.25) is 0 Å². The van der Waals surface area contributed by atoms with Crippen molar-refractivity contribution in [1.82, 2.24) is 19.9 Å². The molecule has 5 nitrogen and oxygen atoms in total. The van der Waals surface area contributed by atoms with Gasteiger partial charge in [-0.15, -0.1) is 0 Å². The molecular weight excluding hydrogens is 312 g/mol. The van der Waals surface area contributed by atoms with Gasteiger partial charge in [0.05, 0.1) is 0 Å². The number of benzene rings is 1. The van der Waals surface area contributed by atoms with Gasteiger partial charge in [0.25, 0.3) is 0 Å². The summed E-state index contributed by atoms with van der Waals surface area (Å²) < 4.78 is 5.43. The lowest BCUT2D eigenvalue weighted by atomic mass is 10.0. The molecule has 1 aliphatic rings. The lowest BCUT2D eigenvalue weighted by molar-refractivity contribution is 0.118. The third-order valence-corrected chi connectivity index (χ3v) is 5.19. The fourth-order valence-corrected chi connectivity index (χ4v) is 3.68. The van der Waals surface area contributed by atoms with Crippen molar-refractivity contribution < 1.29 is 4.52 Å². The highest BCUT2D eigenvalue weighted by Crippen LogP contribution is 2.22. The summed E-state index contributed by atoms with van der Waals surface area (Å²) in [5, 5.41) is 5.40. The van der Waals surface area contributed by atoms with E-state index in [9.17, 15) is 0 Å². The van der Waals surface area contributed by atoms with Crippen molar-refractivity contribution in [3.05, 3.63) is 60.0 Å². The predicted octanol–water partition coefficient (Wildman–Crippen LogP) is 3.32. The number of nitrogens with zero attached hydrogens (tertiary/aromatic N) is 4. The molecule has 130 valence electrons. The molecule has 0 unspecified atom stereocenters. The van der Waals surface area contributed by atoms with Gasteiger partial charge in [-0.25, -0.2) is 0 Å². The zero-order chi connectivity index (χ0) is 17.1. The Kier molecular flexibility index (Phi) is 4.76. The van der Waals surface area contributed by atoms with Crippen LogP contribution in [0.4, 0.5) is 0 Å². The number of piperidine rings is 1. The predicted molar refractivity (Wildman–Crippen MR) is 98.0 cm³/mol. The average Bonchev–Trinajstić information content (AvgIpc) is 3.06. The summed E-state index contributed by atoms with van der Waals surface area (Å²) in [6.07, 6.45) is 6.13. The molecular formula is C20H24N4O. The SMILES string of the molecule is CN(Cc1noc2ccccc12)C1CCN(Cc2ccncc2)CC1. The van der Waals surface area contributed by atoms with Gasteiger partial charge in [0.2, 0.25) is 0 Å². The molecule has 0 amide bonds. The van der Waals surface area contributed by atoms with E-state index in [0.29, 0.717) is 6.04 Å². The molecule has 1 saturated heterocycles. The van der Waals surface area contributed by atoms with Crippen molar-refractivity contribution >= 4 is 11.0 Å². The van der Waals surface area contributed by atoms with Crippen LogP contribution in [-0.2, 0) is 13.1 Å². The minimum absolute atomic E-state index is 0.601. The monoisotopic (exact) mass is 336 g/mol. The minimum Gasteiger partial charge on any atom is -0.356 e. The maximum absolute atomic E-state index is 5.43. The molecule has 25 heavy (non-hydrogen) atoms. The maximum Gasteiger partial charge on any atom is 0.167 e. The van der Waals surface area contributed by atoms with Gasteiger partial charge in [-0.2, -0.15) is 0 Å². The molecule has 5 heteroatoms. The number of likely N-dealkylation sites (tertiary alicyclic amines) is 1. The molecule has 3 aromatic rings. The van der Waals surface area contributed by atoms with Crippen molar-refractivity contribution in [2.45, 2.75) is 32.0 Å². The molecule has 0 aliphatic carbocycles. The summed E-state index contributed by atoms with van der Waals surface area (Å²) >= 11 is 0. The van der Waals surface area contributed by atoms with E-state index in [2.05, 4.69) is 45.2 Å². The highest BCUT2D eigenvalue weighted by atomic mass is 16.5. The fraction of sp³-hybridized carbons (Fsp3) is 0.400. The second-order valence-electron chi connectivity index (χ2n) is 6.90. The van der Waals surface area contributed by atoms with E-state index in [0.717, 1.165) is 42.8 Å². The van der Waals surface area contributed by atoms with Crippen LogP contribution in [0.5, 0.6) is 0 Å². The Morgan fingerprint density at radius 2 is 1.88 bits per heavy atom. The Morgan fingerprint density at radius 3 is 2.68 bits per heavy atom. The molecule has 1 fully saturated rings. The first-order valence-electron chi connectivity index (χ1n) is 8.94. The number of pyridine rings is 1. The summed E-state index contributed by atoms with van der Waals surface area (Å²) in [6.45, 7) is 4.13. The normalized spacial score (nSPS) is 16.7. The van der Waals surface area contributed by atoms with Crippen LogP contribution in [0.3, 0.4) is 0 Å². The van der Waals surface area contributed by atoms with Crippen molar-refractivity contribution in [3.63, 3.8) is 0 Å². The molecule has 0 atom stereocenters. The van der Waals surface area contributed by atoms with E-state index >= 15 is 0 Å². The van der Waals surface area contributed by atoms with Gasteiger partial charge in [0, 0.05) is 36.9 Å². The van der Waals surface area contributed by atoms with E-state index in [-0.39, 0.29) is 0 Å². The molecule has 2 aromatic heterocycles. The number of hydrogen-bond acceptors (Lipinski definition) is 5.